The molecule has 0 aromatic rings. The Morgan fingerprint density at radius 3 is 2.50 bits per heavy atom. The highest BCUT2D eigenvalue weighted by molar-refractivity contribution is 5.70. The summed E-state index contributed by atoms with van der Waals surface area (Å²) < 4.78 is 0. The van der Waals surface area contributed by atoms with E-state index in [4.69, 9.17) is 5.11 Å². The second kappa shape index (κ2) is 4.81. The minimum absolute atomic E-state index is 0.0854. The largest absolute Gasteiger partial charge is 0.481 e. The van der Waals surface area contributed by atoms with Crippen LogP contribution < -0.4 is 0 Å². The van der Waals surface area contributed by atoms with E-state index in [2.05, 4.69) is 20.8 Å². The van der Waals surface area contributed by atoms with Crippen LogP contribution >= 0.6 is 0 Å². The number of carbonyl (C=O) groups is 1. The first-order valence-corrected chi connectivity index (χ1v) is 5.79. The fourth-order valence-electron chi connectivity index (χ4n) is 2.71. The summed E-state index contributed by atoms with van der Waals surface area (Å²) in [7, 11) is 0. The van der Waals surface area contributed by atoms with Gasteiger partial charge in [-0.05, 0) is 37.0 Å². The molecule has 0 amide bonds. The molecule has 2 nitrogen and oxygen atoms in total. The van der Waals surface area contributed by atoms with Gasteiger partial charge in [-0.3, -0.25) is 4.79 Å². The zero-order valence-corrected chi connectivity index (χ0v) is 9.49. The third kappa shape index (κ3) is 2.49. The number of carboxylic acid groups (broad SMARTS) is 1. The van der Waals surface area contributed by atoms with Crippen LogP contribution in [0, 0.1) is 23.7 Å². The first-order valence-electron chi connectivity index (χ1n) is 5.79. The van der Waals surface area contributed by atoms with Gasteiger partial charge in [0.1, 0.15) is 0 Å². The van der Waals surface area contributed by atoms with Gasteiger partial charge in [0.2, 0.25) is 0 Å². The average Bonchev–Trinajstić information content (AvgIpc) is 2.16. The van der Waals surface area contributed by atoms with E-state index in [-0.39, 0.29) is 5.92 Å². The number of aliphatic carboxylic acids is 1. The molecule has 0 aromatic carbocycles. The predicted octanol–water partition coefficient (Wildman–Crippen LogP) is 3.17. The van der Waals surface area contributed by atoms with Crippen molar-refractivity contribution in [1.82, 2.24) is 0 Å². The lowest BCUT2D eigenvalue weighted by atomic mass is 9.69. The zero-order valence-electron chi connectivity index (χ0n) is 9.49. The topological polar surface area (TPSA) is 37.3 Å². The van der Waals surface area contributed by atoms with Crippen molar-refractivity contribution < 1.29 is 9.90 Å². The standard InChI is InChI=1S/C12H22O2/c1-4-9-5-6-10(12(13)14)11(7-9)8(2)3/h8-11H,4-7H2,1-3H3,(H,13,14). The molecule has 2 heteroatoms. The normalized spacial score (nSPS) is 33.3. The maximum absolute atomic E-state index is 11.1. The fourth-order valence-corrected chi connectivity index (χ4v) is 2.71. The molecule has 1 N–H and O–H groups in total. The van der Waals surface area contributed by atoms with Gasteiger partial charge in [-0.15, -0.1) is 0 Å². The SMILES string of the molecule is CCC1CCC(C(=O)O)C(C(C)C)C1. The molecule has 1 saturated carbocycles. The van der Waals surface area contributed by atoms with Crippen molar-refractivity contribution in [2.45, 2.75) is 46.5 Å². The Labute approximate surface area is 86.7 Å². The summed E-state index contributed by atoms with van der Waals surface area (Å²) in [6.45, 7) is 6.51. The van der Waals surface area contributed by atoms with Gasteiger partial charge in [-0.2, -0.15) is 0 Å². The molecule has 0 radical (unpaired) electrons. The molecule has 3 unspecified atom stereocenters. The van der Waals surface area contributed by atoms with Crippen molar-refractivity contribution in [1.29, 1.82) is 0 Å². The van der Waals surface area contributed by atoms with Crippen molar-refractivity contribution in [2.75, 3.05) is 0 Å². The van der Waals surface area contributed by atoms with Crippen molar-refractivity contribution in [2.24, 2.45) is 23.7 Å². The lowest BCUT2D eigenvalue weighted by Crippen LogP contribution is -2.33. The lowest BCUT2D eigenvalue weighted by Gasteiger charge is -2.36. The third-order valence-corrected chi connectivity index (χ3v) is 3.76. The average molecular weight is 198 g/mol. The van der Waals surface area contributed by atoms with E-state index in [1.54, 1.807) is 0 Å². The number of hydrogen-bond acceptors (Lipinski definition) is 1. The van der Waals surface area contributed by atoms with Crippen LogP contribution in [0.3, 0.4) is 0 Å². The summed E-state index contributed by atoms with van der Waals surface area (Å²) in [5, 5.41) is 9.12. The van der Waals surface area contributed by atoms with Crippen LogP contribution in [0.4, 0.5) is 0 Å². The number of carboxylic acids is 1. The van der Waals surface area contributed by atoms with Crippen molar-refractivity contribution in [3.8, 4) is 0 Å². The fraction of sp³-hybridized carbons (Fsp3) is 0.917. The smallest absolute Gasteiger partial charge is 0.306 e. The van der Waals surface area contributed by atoms with Crippen LogP contribution in [-0.4, -0.2) is 11.1 Å². The molecule has 0 aliphatic heterocycles. The van der Waals surface area contributed by atoms with E-state index >= 15 is 0 Å². The first-order chi connectivity index (χ1) is 6.56. The van der Waals surface area contributed by atoms with Gasteiger partial charge < -0.3 is 5.11 Å². The minimum atomic E-state index is -0.585. The molecular weight excluding hydrogens is 176 g/mol. The van der Waals surface area contributed by atoms with Gasteiger partial charge in [0.25, 0.3) is 0 Å². The van der Waals surface area contributed by atoms with E-state index in [0.717, 1.165) is 25.2 Å². The predicted molar refractivity (Wildman–Crippen MR) is 57.1 cm³/mol. The molecule has 3 atom stereocenters. The van der Waals surface area contributed by atoms with E-state index in [9.17, 15) is 4.79 Å². The van der Waals surface area contributed by atoms with Gasteiger partial charge in [0.05, 0.1) is 5.92 Å². The summed E-state index contributed by atoms with van der Waals surface area (Å²) >= 11 is 0. The molecule has 14 heavy (non-hydrogen) atoms. The second-order valence-corrected chi connectivity index (χ2v) is 4.94. The molecule has 1 rings (SSSR count). The number of hydrogen-bond donors (Lipinski definition) is 1. The molecule has 1 aliphatic rings. The maximum Gasteiger partial charge on any atom is 0.306 e. The van der Waals surface area contributed by atoms with Crippen LogP contribution in [0.5, 0.6) is 0 Å². The Morgan fingerprint density at radius 2 is 2.07 bits per heavy atom. The molecule has 82 valence electrons. The Hall–Kier alpha value is -0.530. The van der Waals surface area contributed by atoms with Crippen molar-refractivity contribution in [3.05, 3.63) is 0 Å². The lowest BCUT2D eigenvalue weighted by molar-refractivity contribution is -0.146. The Bertz CT molecular complexity index is 198. The zero-order chi connectivity index (χ0) is 10.7. The quantitative estimate of drug-likeness (QED) is 0.756. The molecule has 0 saturated heterocycles. The summed E-state index contributed by atoms with van der Waals surface area (Å²) in [5.74, 6) is 0.991. The Balaban J connectivity index is 2.65. The minimum Gasteiger partial charge on any atom is -0.481 e. The highest BCUT2D eigenvalue weighted by atomic mass is 16.4. The van der Waals surface area contributed by atoms with Crippen molar-refractivity contribution in [3.63, 3.8) is 0 Å². The van der Waals surface area contributed by atoms with Gasteiger partial charge >= 0.3 is 5.97 Å². The van der Waals surface area contributed by atoms with Gasteiger partial charge in [0, 0.05) is 0 Å². The molecule has 0 heterocycles. The van der Waals surface area contributed by atoms with Crippen molar-refractivity contribution >= 4 is 5.97 Å². The van der Waals surface area contributed by atoms with E-state index in [1.807, 2.05) is 0 Å². The summed E-state index contributed by atoms with van der Waals surface area (Å²) in [4.78, 5) is 11.1. The Kier molecular flexibility index (Phi) is 3.97. The van der Waals surface area contributed by atoms with Gasteiger partial charge in [-0.1, -0.05) is 27.2 Å². The molecular formula is C12H22O2. The molecule has 0 bridgehead atoms. The third-order valence-electron chi connectivity index (χ3n) is 3.76. The summed E-state index contributed by atoms with van der Waals surface area (Å²) in [5.41, 5.74) is 0. The van der Waals surface area contributed by atoms with Crippen LogP contribution in [0.25, 0.3) is 0 Å². The highest BCUT2D eigenvalue weighted by Crippen LogP contribution is 2.39. The van der Waals surface area contributed by atoms with E-state index < -0.39 is 5.97 Å². The second-order valence-electron chi connectivity index (χ2n) is 4.94. The first kappa shape index (κ1) is 11.5. The highest BCUT2D eigenvalue weighted by Gasteiger charge is 2.35. The van der Waals surface area contributed by atoms with Crippen LogP contribution in [0.15, 0.2) is 0 Å². The molecule has 0 spiro atoms. The van der Waals surface area contributed by atoms with Crippen LogP contribution in [-0.2, 0) is 4.79 Å². The summed E-state index contributed by atoms with van der Waals surface area (Å²) in [6, 6.07) is 0. The van der Waals surface area contributed by atoms with Gasteiger partial charge in [0.15, 0.2) is 0 Å². The molecule has 0 aromatic heterocycles. The van der Waals surface area contributed by atoms with E-state index in [0.29, 0.717) is 11.8 Å². The molecule has 1 fully saturated rings. The summed E-state index contributed by atoms with van der Waals surface area (Å²) in [6.07, 6.45) is 4.31. The monoisotopic (exact) mass is 198 g/mol. The maximum atomic E-state index is 11.1. The number of rotatable bonds is 3. The van der Waals surface area contributed by atoms with Crippen LogP contribution in [0.1, 0.15) is 46.5 Å². The Morgan fingerprint density at radius 1 is 1.43 bits per heavy atom. The van der Waals surface area contributed by atoms with E-state index in [1.165, 1.54) is 6.42 Å². The van der Waals surface area contributed by atoms with Gasteiger partial charge in [-0.25, -0.2) is 0 Å². The molecule has 1 aliphatic carbocycles. The van der Waals surface area contributed by atoms with Crippen LogP contribution in [0.2, 0.25) is 0 Å².